The standard InChI is InChI=1S/C10H18N4O2S/c1-11-8-2-4-9(5-3-8)14-17(15,16)10-6-12-13-7-10/h6-9,11,14H,2-5H2,1H3,(H,12,13). The van der Waals surface area contributed by atoms with Gasteiger partial charge in [0.05, 0.1) is 6.20 Å². The van der Waals surface area contributed by atoms with E-state index in [1.807, 2.05) is 7.05 Å². The summed E-state index contributed by atoms with van der Waals surface area (Å²) in [5, 5.41) is 9.39. The molecule has 6 nitrogen and oxygen atoms in total. The first-order valence-corrected chi connectivity index (χ1v) is 7.28. The summed E-state index contributed by atoms with van der Waals surface area (Å²) in [4.78, 5) is 0.202. The third-order valence-corrected chi connectivity index (χ3v) is 4.73. The minimum atomic E-state index is -3.40. The van der Waals surface area contributed by atoms with Gasteiger partial charge in [0.25, 0.3) is 0 Å². The van der Waals surface area contributed by atoms with Crippen LogP contribution in [0.2, 0.25) is 0 Å². The zero-order valence-corrected chi connectivity index (χ0v) is 10.6. The Hall–Kier alpha value is -0.920. The van der Waals surface area contributed by atoms with Crippen LogP contribution < -0.4 is 10.0 Å². The minimum Gasteiger partial charge on any atom is -0.317 e. The summed E-state index contributed by atoms with van der Waals surface area (Å²) in [7, 11) is -1.46. The highest BCUT2D eigenvalue weighted by molar-refractivity contribution is 7.89. The van der Waals surface area contributed by atoms with Crippen molar-refractivity contribution in [3.63, 3.8) is 0 Å². The molecule has 3 N–H and O–H groups in total. The first kappa shape index (κ1) is 12.5. The molecular formula is C10H18N4O2S. The highest BCUT2D eigenvalue weighted by Crippen LogP contribution is 2.20. The molecule has 1 saturated carbocycles. The number of aromatic nitrogens is 2. The van der Waals surface area contributed by atoms with Gasteiger partial charge in [-0.15, -0.1) is 0 Å². The predicted octanol–water partition coefficient (Wildman–Crippen LogP) is 0.219. The zero-order valence-electron chi connectivity index (χ0n) is 9.81. The topological polar surface area (TPSA) is 86.9 Å². The second-order valence-electron chi connectivity index (χ2n) is 4.39. The van der Waals surface area contributed by atoms with Crippen LogP contribution in [-0.2, 0) is 10.0 Å². The molecule has 0 spiro atoms. The lowest BCUT2D eigenvalue weighted by atomic mass is 9.92. The van der Waals surface area contributed by atoms with Crippen LogP contribution in [0.3, 0.4) is 0 Å². The number of sulfonamides is 1. The Kier molecular flexibility index (Phi) is 3.80. The molecule has 0 amide bonds. The lowest BCUT2D eigenvalue weighted by Gasteiger charge is -2.28. The summed E-state index contributed by atoms with van der Waals surface area (Å²) in [5.41, 5.74) is 0. The molecule has 0 saturated heterocycles. The van der Waals surface area contributed by atoms with E-state index in [1.54, 1.807) is 0 Å². The Labute approximate surface area is 101 Å². The van der Waals surface area contributed by atoms with E-state index in [9.17, 15) is 8.42 Å². The molecule has 17 heavy (non-hydrogen) atoms. The Morgan fingerprint density at radius 1 is 1.29 bits per heavy atom. The van der Waals surface area contributed by atoms with Crippen LogP contribution in [0.5, 0.6) is 0 Å². The fourth-order valence-corrected chi connectivity index (χ4v) is 3.38. The van der Waals surface area contributed by atoms with Gasteiger partial charge >= 0.3 is 0 Å². The van der Waals surface area contributed by atoms with Crippen molar-refractivity contribution in [2.45, 2.75) is 42.7 Å². The van der Waals surface area contributed by atoms with Crippen molar-refractivity contribution < 1.29 is 8.42 Å². The van der Waals surface area contributed by atoms with Crippen molar-refractivity contribution in [2.75, 3.05) is 7.05 Å². The normalized spacial score (nSPS) is 25.9. The maximum absolute atomic E-state index is 11.9. The van der Waals surface area contributed by atoms with E-state index in [0.717, 1.165) is 25.7 Å². The Morgan fingerprint density at radius 2 is 1.94 bits per heavy atom. The van der Waals surface area contributed by atoms with Gasteiger partial charge in [-0.25, -0.2) is 13.1 Å². The van der Waals surface area contributed by atoms with Crippen molar-refractivity contribution in [3.05, 3.63) is 12.4 Å². The van der Waals surface area contributed by atoms with Crippen molar-refractivity contribution in [1.29, 1.82) is 0 Å². The first-order chi connectivity index (χ1) is 8.12. The molecule has 0 aromatic carbocycles. The van der Waals surface area contributed by atoms with Gasteiger partial charge in [-0.3, -0.25) is 5.10 Å². The summed E-state index contributed by atoms with van der Waals surface area (Å²) < 4.78 is 26.6. The number of H-pyrrole nitrogens is 1. The SMILES string of the molecule is CNC1CCC(NS(=O)(=O)c2cn[nH]c2)CC1. The molecule has 96 valence electrons. The molecule has 7 heteroatoms. The third kappa shape index (κ3) is 3.05. The summed E-state index contributed by atoms with van der Waals surface area (Å²) >= 11 is 0. The summed E-state index contributed by atoms with van der Waals surface area (Å²) in [5.74, 6) is 0. The zero-order chi connectivity index (χ0) is 12.3. The highest BCUT2D eigenvalue weighted by Gasteiger charge is 2.25. The van der Waals surface area contributed by atoms with Gasteiger partial charge in [0.15, 0.2) is 0 Å². The van der Waals surface area contributed by atoms with Crippen molar-refractivity contribution in [3.8, 4) is 0 Å². The molecule has 1 aromatic rings. The molecule has 2 rings (SSSR count). The quantitative estimate of drug-likeness (QED) is 0.721. The Bertz CT molecular complexity index is 435. The van der Waals surface area contributed by atoms with Crippen LogP contribution >= 0.6 is 0 Å². The lowest BCUT2D eigenvalue weighted by Crippen LogP contribution is -2.41. The third-order valence-electron chi connectivity index (χ3n) is 3.24. The summed E-state index contributed by atoms with van der Waals surface area (Å²) in [6.45, 7) is 0. The molecule has 0 radical (unpaired) electrons. The second-order valence-corrected chi connectivity index (χ2v) is 6.11. The molecule has 0 bridgehead atoms. The largest absolute Gasteiger partial charge is 0.317 e. The van der Waals surface area contributed by atoms with Gasteiger partial charge in [0.2, 0.25) is 10.0 Å². The van der Waals surface area contributed by atoms with Crippen LogP contribution in [0.1, 0.15) is 25.7 Å². The van der Waals surface area contributed by atoms with E-state index in [4.69, 9.17) is 0 Å². The van der Waals surface area contributed by atoms with E-state index in [1.165, 1.54) is 12.4 Å². The van der Waals surface area contributed by atoms with Crippen molar-refractivity contribution >= 4 is 10.0 Å². The molecule has 1 heterocycles. The molecule has 1 aliphatic carbocycles. The highest BCUT2D eigenvalue weighted by atomic mass is 32.2. The first-order valence-electron chi connectivity index (χ1n) is 5.80. The summed E-state index contributed by atoms with van der Waals surface area (Å²) in [6, 6.07) is 0.559. The molecular weight excluding hydrogens is 240 g/mol. The molecule has 1 fully saturated rings. The number of aromatic amines is 1. The van der Waals surface area contributed by atoms with E-state index in [0.29, 0.717) is 6.04 Å². The van der Waals surface area contributed by atoms with Gasteiger partial charge in [-0.1, -0.05) is 0 Å². The van der Waals surface area contributed by atoms with Crippen LogP contribution in [-0.4, -0.2) is 37.7 Å². The van der Waals surface area contributed by atoms with Crippen molar-refractivity contribution in [1.82, 2.24) is 20.2 Å². The summed E-state index contributed by atoms with van der Waals surface area (Å²) in [6.07, 6.45) is 6.48. The average Bonchev–Trinajstić information content (AvgIpc) is 2.84. The van der Waals surface area contributed by atoms with Crippen molar-refractivity contribution in [2.24, 2.45) is 0 Å². The van der Waals surface area contributed by atoms with E-state index >= 15 is 0 Å². The molecule has 1 aromatic heterocycles. The minimum absolute atomic E-state index is 0.0412. The predicted molar refractivity (Wildman–Crippen MR) is 64.0 cm³/mol. The maximum Gasteiger partial charge on any atom is 0.243 e. The van der Waals surface area contributed by atoms with Gasteiger partial charge < -0.3 is 5.32 Å². The van der Waals surface area contributed by atoms with Gasteiger partial charge in [0.1, 0.15) is 4.90 Å². The Morgan fingerprint density at radius 3 is 2.47 bits per heavy atom. The number of hydrogen-bond donors (Lipinski definition) is 3. The lowest BCUT2D eigenvalue weighted by molar-refractivity contribution is 0.343. The monoisotopic (exact) mass is 258 g/mol. The number of rotatable bonds is 4. The molecule has 0 unspecified atom stereocenters. The van der Waals surface area contributed by atoms with Crippen LogP contribution in [0.4, 0.5) is 0 Å². The van der Waals surface area contributed by atoms with Crippen LogP contribution in [0, 0.1) is 0 Å². The fraction of sp³-hybridized carbons (Fsp3) is 0.700. The Balaban J connectivity index is 1.94. The van der Waals surface area contributed by atoms with Gasteiger partial charge in [-0.2, -0.15) is 5.10 Å². The molecule has 0 aliphatic heterocycles. The molecule has 0 atom stereocenters. The number of nitrogens with zero attached hydrogens (tertiary/aromatic N) is 1. The van der Waals surface area contributed by atoms with E-state index in [-0.39, 0.29) is 10.9 Å². The maximum atomic E-state index is 11.9. The fourth-order valence-electron chi connectivity index (χ4n) is 2.17. The van der Waals surface area contributed by atoms with Gasteiger partial charge in [-0.05, 0) is 32.7 Å². The van der Waals surface area contributed by atoms with Crippen LogP contribution in [0.25, 0.3) is 0 Å². The van der Waals surface area contributed by atoms with Gasteiger partial charge in [0, 0.05) is 18.3 Å². The second kappa shape index (κ2) is 5.16. The number of hydrogen-bond acceptors (Lipinski definition) is 4. The molecule has 1 aliphatic rings. The number of nitrogens with one attached hydrogen (secondary N) is 3. The van der Waals surface area contributed by atoms with E-state index < -0.39 is 10.0 Å². The van der Waals surface area contributed by atoms with E-state index in [2.05, 4.69) is 20.2 Å². The van der Waals surface area contributed by atoms with Crippen LogP contribution in [0.15, 0.2) is 17.3 Å². The smallest absolute Gasteiger partial charge is 0.243 e. The average molecular weight is 258 g/mol.